The maximum absolute atomic E-state index is 14.0. The Labute approximate surface area is 121 Å². The standard InChI is InChI=1S/C12H15FN2O5S/c1-7(16)14-8-2-3-12(9(13)4-8)21(19,20)15-5-10(17)11(18)6-15/h2-4,10-11,17-18H,5-6H2,1H3,(H,14,16)/t10-,11+. The van der Waals surface area contributed by atoms with Gasteiger partial charge in [0.05, 0.1) is 12.2 Å². The van der Waals surface area contributed by atoms with Crippen molar-refractivity contribution in [3.05, 3.63) is 24.0 Å². The summed E-state index contributed by atoms with van der Waals surface area (Å²) in [7, 11) is -4.15. The van der Waals surface area contributed by atoms with Gasteiger partial charge in [0, 0.05) is 25.7 Å². The highest BCUT2D eigenvalue weighted by atomic mass is 32.2. The second kappa shape index (κ2) is 5.68. The summed E-state index contributed by atoms with van der Waals surface area (Å²) < 4.78 is 39.3. The van der Waals surface area contributed by atoms with Crippen LogP contribution in [0.25, 0.3) is 0 Å². The molecule has 0 bridgehead atoms. The van der Waals surface area contributed by atoms with E-state index in [1.54, 1.807) is 0 Å². The number of aliphatic hydroxyl groups excluding tert-OH is 2. The fourth-order valence-electron chi connectivity index (χ4n) is 2.06. The van der Waals surface area contributed by atoms with Crippen LogP contribution in [0.1, 0.15) is 6.92 Å². The number of nitrogens with one attached hydrogen (secondary N) is 1. The van der Waals surface area contributed by atoms with E-state index in [-0.39, 0.29) is 18.8 Å². The Bertz CT molecular complexity index is 654. The maximum atomic E-state index is 14.0. The monoisotopic (exact) mass is 318 g/mol. The molecule has 7 nitrogen and oxygen atoms in total. The Morgan fingerprint density at radius 3 is 2.38 bits per heavy atom. The number of hydrogen-bond donors (Lipinski definition) is 3. The molecule has 1 aromatic carbocycles. The summed E-state index contributed by atoms with van der Waals surface area (Å²) in [4.78, 5) is 10.3. The van der Waals surface area contributed by atoms with E-state index in [4.69, 9.17) is 0 Å². The lowest BCUT2D eigenvalue weighted by Crippen LogP contribution is -2.30. The van der Waals surface area contributed by atoms with Crippen molar-refractivity contribution in [1.29, 1.82) is 0 Å². The van der Waals surface area contributed by atoms with Gasteiger partial charge in [0.15, 0.2) is 0 Å². The zero-order chi connectivity index (χ0) is 15.8. The van der Waals surface area contributed by atoms with Crippen LogP contribution < -0.4 is 5.32 Å². The fourth-order valence-corrected chi connectivity index (χ4v) is 3.58. The van der Waals surface area contributed by atoms with E-state index in [0.29, 0.717) is 0 Å². The molecule has 1 heterocycles. The van der Waals surface area contributed by atoms with Gasteiger partial charge in [0.1, 0.15) is 10.7 Å². The first-order chi connectivity index (χ1) is 9.71. The number of sulfonamides is 1. The number of amides is 1. The summed E-state index contributed by atoms with van der Waals surface area (Å²) in [5.41, 5.74) is 0.139. The van der Waals surface area contributed by atoms with Gasteiger partial charge in [0.2, 0.25) is 15.9 Å². The van der Waals surface area contributed by atoms with Gasteiger partial charge in [-0.1, -0.05) is 0 Å². The van der Waals surface area contributed by atoms with E-state index in [1.807, 2.05) is 0 Å². The van der Waals surface area contributed by atoms with Gasteiger partial charge in [-0.15, -0.1) is 0 Å². The smallest absolute Gasteiger partial charge is 0.246 e. The van der Waals surface area contributed by atoms with Crippen molar-refractivity contribution in [3.8, 4) is 0 Å². The van der Waals surface area contributed by atoms with Crippen LogP contribution in [-0.2, 0) is 14.8 Å². The molecule has 1 saturated heterocycles. The Balaban J connectivity index is 2.31. The Kier molecular flexibility index (Phi) is 4.28. The molecule has 0 aliphatic carbocycles. The normalized spacial score (nSPS) is 23.2. The number of hydrogen-bond acceptors (Lipinski definition) is 5. The van der Waals surface area contributed by atoms with Crippen LogP contribution >= 0.6 is 0 Å². The second-order valence-corrected chi connectivity index (χ2v) is 6.69. The van der Waals surface area contributed by atoms with Crippen molar-refractivity contribution >= 4 is 21.6 Å². The molecule has 116 valence electrons. The number of carbonyl (C=O) groups is 1. The number of rotatable bonds is 3. The van der Waals surface area contributed by atoms with Crippen molar-refractivity contribution in [3.63, 3.8) is 0 Å². The number of benzene rings is 1. The molecule has 2 rings (SSSR count). The highest BCUT2D eigenvalue weighted by Crippen LogP contribution is 2.25. The summed E-state index contributed by atoms with van der Waals surface area (Å²) >= 11 is 0. The molecule has 3 N–H and O–H groups in total. The summed E-state index contributed by atoms with van der Waals surface area (Å²) in [6.45, 7) is 0.655. The van der Waals surface area contributed by atoms with Gasteiger partial charge in [-0.3, -0.25) is 4.79 Å². The Morgan fingerprint density at radius 1 is 1.33 bits per heavy atom. The predicted molar refractivity (Wildman–Crippen MR) is 71.5 cm³/mol. The molecule has 9 heteroatoms. The molecule has 1 aliphatic rings. The van der Waals surface area contributed by atoms with E-state index in [1.165, 1.54) is 13.0 Å². The van der Waals surface area contributed by atoms with Crippen molar-refractivity contribution < 1.29 is 27.8 Å². The SMILES string of the molecule is CC(=O)Nc1ccc(S(=O)(=O)N2C[C@@H](O)[C@@H](O)C2)c(F)c1. The van der Waals surface area contributed by atoms with Crippen LogP contribution in [0.3, 0.4) is 0 Å². The lowest BCUT2D eigenvalue weighted by Gasteiger charge is -2.16. The first kappa shape index (κ1) is 15.8. The van der Waals surface area contributed by atoms with Crippen LogP contribution in [-0.4, -0.2) is 54.1 Å². The van der Waals surface area contributed by atoms with Crippen molar-refractivity contribution in [2.75, 3.05) is 18.4 Å². The van der Waals surface area contributed by atoms with Gasteiger partial charge in [-0.2, -0.15) is 4.31 Å². The molecular formula is C12H15FN2O5S. The molecule has 0 saturated carbocycles. The van der Waals surface area contributed by atoms with Crippen LogP contribution in [0.2, 0.25) is 0 Å². The third-order valence-corrected chi connectivity index (χ3v) is 4.96. The molecule has 0 radical (unpaired) electrons. The third kappa shape index (κ3) is 3.21. The van der Waals surface area contributed by atoms with Crippen molar-refractivity contribution in [2.24, 2.45) is 0 Å². The number of anilines is 1. The summed E-state index contributed by atoms with van der Waals surface area (Å²) in [6.07, 6.45) is -2.39. The largest absolute Gasteiger partial charge is 0.389 e. The topological polar surface area (TPSA) is 107 Å². The fraction of sp³-hybridized carbons (Fsp3) is 0.417. The third-order valence-electron chi connectivity index (χ3n) is 3.10. The van der Waals surface area contributed by atoms with E-state index in [2.05, 4.69) is 5.32 Å². The molecule has 1 amide bonds. The predicted octanol–water partition coefficient (Wildman–Crippen LogP) is -0.490. The molecule has 0 spiro atoms. The molecule has 1 fully saturated rings. The van der Waals surface area contributed by atoms with Crippen molar-refractivity contribution in [1.82, 2.24) is 4.31 Å². The number of halogens is 1. The molecule has 21 heavy (non-hydrogen) atoms. The minimum atomic E-state index is -4.15. The van der Waals surface area contributed by atoms with Crippen LogP contribution in [0, 0.1) is 5.82 Å². The van der Waals surface area contributed by atoms with Gasteiger partial charge >= 0.3 is 0 Å². The van der Waals surface area contributed by atoms with Gasteiger partial charge in [0.25, 0.3) is 0 Å². The second-order valence-electron chi connectivity index (χ2n) is 4.78. The van der Waals surface area contributed by atoms with Gasteiger partial charge < -0.3 is 15.5 Å². The summed E-state index contributed by atoms with van der Waals surface area (Å²) in [5, 5.41) is 21.1. The lowest BCUT2D eigenvalue weighted by molar-refractivity contribution is -0.114. The maximum Gasteiger partial charge on any atom is 0.246 e. The highest BCUT2D eigenvalue weighted by molar-refractivity contribution is 7.89. The average molecular weight is 318 g/mol. The van der Waals surface area contributed by atoms with E-state index in [9.17, 15) is 27.8 Å². The van der Waals surface area contributed by atoms with E-state index < -0.39 is 38.9 Å². The summed E-state index contributed by atoms with van der Waals surface area (Å²) in [6, 6.07) is 3.20. The number of nitrogens with zero attached hydrogens (tertiary/aromatic N) is 1. The van der Waals surface area contributed by atoms with Gasteiger partial charge in [-0.25, -0.2) is 12.8 Å². The minimum absolute atomic E-state index is 0.139. The van der Waals surface area contributed by atoms with Crippen LogP contribution in [0.5, 0.6) is 0 Å². The van der Waals surface area contributed by atoms with Crippen LogP contribution in [0.4, 0.5) is 10.1 Å². The van der Waals surface area contributed by atoms with E-state index >= 15 is 0 Å². The first-order valence-corrected chi connectivity index (χ1v) is 7.59. The Hall–Kier alpha value is -1.55. The zero-order valence-electron chi connectivity index (χ0n) is 11.2. The Morgan fingerprint density at radius 2 is 1.90 bits per heavy atom. The molecular weight excluding hydrogens is 303 g/mol. The summed E-state index contributed by atoms with van der Waals surface area (Å²) in [5.74, 6) is -1.42. The molecule has 0 unspecified atom stereocenters. The molecule has 0 aromatic heterocycles. The minimum Gasteiger partial charge on any atom is -0.389 e. The number of aliphatic hydroxyl groups is 2. The highest BCUT2D eigenvalue weighted by Gasteiger charge is 2.38. The lowest BCUT2D eigenvalue weighted by atomic mass is 10.3. The van der Waals surface area contributed by atoms with E-state index in [0.717, 1.165) is 16.4 Å². The van der Waals surface area contributed by atoms with Crippen LogP contribution in [0.15, 0.2) is 23.1 Å². The zero-order valence-corrected chi connectivity index (χ0v) is 12.0. The molecule has 2 atom stereocenters. The molecule has 1 aromatic rings. The quantitative estimate of drug-likeness (QED) is 0.697. The average Bonchev–Trinajstić information content (AvgIpc) is 2.69. The molecule has 1 aliphatic heterocycles. The first-order valence-electron chi connectivity index (χ1n) is 6.15. The van der Waals surface area contributed by atoms with Crippen molar-refractivity contribution in [2.45, 2.75) is 24.0 Å². The van der Waals surface area contributed by atoms with Gasteiger partial charge in [-0.05, 0) is 18.2 Å². The number of carbonyl (C=O) groups excluding carboxylic acids is 1. The number of β-amino-alcohol motifs (C(OH)–C–C–N with tert-alkyl or cyclic N) is 2.